The van der Waals surface area contributed by atoms with Crippen molar-refractivity contribution < 1.29 is 23.8 Å². The van der Waals surface area contributed by atoms with Gasteiger partial charge in [0.2, 0.25) is 5.60 Å². The van der Waals surface area contributed by atoms with Gasteiger partial charge in [-0.05, 0) is 62.4 Å². The Morgan fingerprint density at radius 3 is 2.57 bits per heavy atom. The molecule has 0 radical (unpaired) electrons. The number of aryl methyl sites for hydroxylation is 2. The molecule has 0 aliphatic heterocycles. The van der Waals surface area contributed by atoms with Crippen LogP contribution in [0.25, 0.3) is 0 Å². The molecule has 1 saturated carbocycles. The Hall–Kier alpha value is -3.28. The highest BCUT2D eigenvalue weighted by Crippen LogP contribution is 2.33. The van der Waals surface area contributed by atoms with Crippen LogP contribution in [0.15, 0.2) is 52.9 Å². The molecule has 0 saturated heterocycles. The van der Waals surface area contributed by atoms with E-state index in [4.69, 9.17) is 18.9 Å². The third kappa shape index (κ3) is 6.94. The predicted octanol–water partition coefficient (Wildman–Crippen LogP) is 7.07. The molecule has 1 aromatic heterocycles. The van der Waals surface area contributed by atoms with Gasteiger partial charge in [0.1, 0.15) is 17.3 Å². The number of ether oxygens (including phenoxy) is 2. The third-order valence-electron chi connectivity index (χ3n) is 7.18. The normalized spacial score (nSPS) is 15.8. The van der Waals surface area contributed by atoms with E-state index in [-0.39, 0.29) is 6.42 Å². The van der Waals surface area contributed by atoms with Gasteiger partial charge in [-0.3, -0.25) is 0 Å². The lowest BCUT2D eigenvalue weighted by atomic mass is 9.89. The number of benzene rings is 2. The Kier molecular flexibility index (Phi) is 8.91. The van der Waals surface area contributed by atoms with Crippen LogP contribution < -0.4 is 9.47 Å². The van der Waals surface area contributed by atoms with Crippen LogP contribution in [0.5, 0.6) is 11.5 Å². The van der Waals surface area contributed by atoms with Crippen molar-refractivity contribution in [3.8, 4) is 11.5 Å². The van der Waals surface area contributed by atoms with Crippen LogP contribution in [0.1, 0.15) is 86.8 Å². The summed E-state index contributed by atoms with van der Waals surface area (Å²) in [7, 11) is 0. The number of hydrogen-bond donors (Lipinski definition) is 1. The number of oxazole rings is 1. The number of carboxylic acids is 1. The Balaban J connectivity index is 1.42. The van der Waals surface area contributed by atoms with E-state index in [0.29, 0.717) is 24.7 Å². The summed E-state index contributed by atoms with van der Waals surface area (Å²) in [4.78, 5) is 17.0. The number of aromatic nitrogens is 1. The van der Waals surface area contributed by atoms with Crippen molar-refractivity contribution in [3.63, 3.8) is 0 Å². The van der Waals surface area contributed by atoms with Gasteiger partial charge in [-0.25, -0.2) is 9.78 Å². The maximum absolute atomic E-state index is 12.2. The fourth-order valence-electron chi connectivity index (χ4n) is 5.11. The van der Waals surface area contributed by atoms with Gasteiger partial charge in [-0.1, -0.05) is 62.9 Å². The van der Waals surface area contributed by atoms with Crippen LogP contribution in [0.3, 0.4) is 0 Å². The van der Waals surface area contributed by atoms with Crippen molar-refractivity contribution >= 4 is 5.97 Å². The van der Waals surface area contributed by atoms with E-state index in [2.05, 4.69) is 13.0 Å². The molecule has 4 rings (SSSR count). The van der Waals surface area contributed by atoms with Crippen LogP contribution in [-0.4, -0.2) is 28.3 Å². The van der Waals surface area contributed by atoms with E-state index in [1.165, 1.54) is 32.1 Å². The molecule has 1 aliphatic carbocycles. The van der Waals surface area contributed by atoms with E-state index >= 15 is 0 Å². The second kappa shape index (κ2) is 12.3. The SMILES string of the molecule is CCCc1cc(CC(C)(Oc2ccccc2)C(=O)O)ccc1OCCc1nc(C2CCCCC2)oc1C. The number of rotatable bonds is 12. The number of aliphatic carboxylic acids is 1. The van der Waals surface area contributed by atoms with Gasteiger partial charge >= 0.3 is 5.97 Å². The summed E-state index contributed by atoms with van der Waals surface area (Å²) in [6.45, 7) is 6.25. The number of para-hydroxylation sites is 1. The maximum atomic E-state index is 12.2. The second-order valence-corrected chi connectivity index (χ2v) is 10.3. The van der Waals surface area contributed by atoms with Crippen molar-refractivity contribution in [3.05, 3.63) is 77.0 Å². The van der Waals surface area contributed by atoms with E-state index in [0.717, 1.165) is 47.1 Å². The molecule has 0 bridgehead atoms. The van der Waals surface area contributed by atoms with Crippen LogP contribution >= 0.6 is 0 Å². The minimum Gasteiger partial charge on any atom is -0.493 e. The molecule has 3 aromatic rings. The summed E-state index contributed by atoms with van der Waals surface area (Å²) in [5, 5.41) is 9.95. The van der Waals surface area contributed by atoms with Crippen LogP contribution in [0.2, 0.25) is 0 Å². The molecule has 1 N–H and O–H groups in total. The molecule has 0 amide bonds. The van der Waals surface area contributed by atoms with E-state index in [9.17, 15) is 9.90 Å². The lowest BCUT2D eigenvalue weighted by molar-refractivity contribution is -0.153. The van der Waals surface area contributed by atoms with Crippen molar-refractivity contribution in [2.75, 3.05) is 6.61 Å². The summed E-state index contributed by atoms with van der Waals surface area (Å²) in [6, 6.07) is 15.0. The largest absolute Gasteiger partial charge is 0.493 e. The summed E-state index contributed by atoms with van der Waals surface area (Å²) < 4.78 is 18.1. The first kappa shape index (κ1) is 26.8. The average molecular weight is 506 g/mol. The number of carbonyl (C=O) groups is 1. The summed E-state index contributed by atoms with van der Waals surface area (Å²) in [6.07, 6.45) is 8.90. The second-order valence-electron chi connectivity index (χ2n) is 10.3. The van der Waals surface area contributed by atoms with Crippen LogP contribution in [-0.2, 0) is 24.1 Å². The van der Waals surface area contributed by atoms with Crippen LogP contribution in [0.4, 0.5) is 0 Å². The van der Waals surface area contributed by atoms with Gasteiger partial charge in [0.15, 0.2) is 5.89 Å². The highest BCUT2D eigenvalue weighted by molar-refractivity contribution is 5.78. The molecular weight excluding hydrogens is 466 g/mol. The lowest BCUT2D eigenvalue weighted by Gasteiger charge is -2.27. The monoisotopic (exact) mass is 505 g/mol. The van der Waals surface area contributed by atoms with Gasteiger partial charge in [0, 0.05) is 18.8 Å². The molecular formula is C31H39NO5. The molecule has 6 heteroatoms. The van der Waals surface area contributed by atoms with Gasteiger partial charge in [0.05, 0.1) is 12.3 Å². The Bertz CT molecular complexity index is 1170. The first-order chi connectivity index (χ1) is 17.9. The molecule has 1 atom stereocenters. The van der Waals surface area contributed by atoms with E-state index < -0.39 is 11.6 Å². The Labute approximate surface area is 220 Å². The van der Waals surface area contributed by atoms with E-state index in [1.807, 2.05) is 37.3 Å². The Morgan fingerprint density at radius 1 is 1.11 bits per heavy atom. The van der Waals surface area contributed by atoms with Gasteiger partial charge in [0.25, 0.3) is 0 Å². The fourth-order valence-corrected chi connectivity index (χ4v) is 5.11. The highest BCUT2D eigenvalue weighted by atomic mass is 16.5. The van der Waals surface area contributed by atoms with Gasteiger partial charge in [-0.2, -0.15) is 0 Å². The number of carboxylic acid groups (broad SMARTS) is 1. The zero-order valence-corrected chi connectivity index (χ0v) is 22.3. The summed E-state index contributed by atoms with van der Waals surface area (Å²) in [5.74, 6) is 2.61. The standard InChI is InChI=1S/C31H39NO5/c1-4-11-25-20-23(21-31(3,30(33)34)37-26-14-9-6-10-15-26)16-17-28(25)35-19-18-27-22(2)36-29(32-27)24-12-7-5-8-13-24/h6,9-10,14-17,20,24H,4-5,7-8,11-13,18-19,21H2,1-3H3,(H,33,34). The molecule has 1 unspecified atom stereocenters. The molecule has 0 spiro atoms. The molecule has 2 aromatic carbocycles. The smallest absolute Gasteiger partial charge is 0.348 e. The predicted molar refractivity (Wildman–Crippen MR) is 144 cm³/mol. The highest BCUT2D eigenvalue weighted by Gasteiger charge is 2.36. The minimum absolute atomic E-state index is 0.246. The van der Waals surface area contributed by atoms with Crippen molar-refractivity contribution in [1.82, 2.24) is 4.98 Å². The minimum atomic E-state index is -1.38. The Morgan fingerprint density at radius 2 is 1.86 bits per heavy atom. The summed E-state index contributed by atoms with van der Waals surface area (Å²) >= 11 is 0. The summed E-state index contributed by atoms with van der Waals surface area (Å²) in [5.41, 5.74) is 1.58. The first-order valence-electron chi connectivity index (χ1n) is 13.6. The molecule has 1 fully saturated rings. The van der Waals surface area contributed by atoms with Crippen molar-refractivity contribution in [2.24, 2.45) is 0 Å². The van der Waals surface area contributed by atoms with Crippen molar-refractivity contribution in [1.29, 1.82) is 0 Å². The third-order valence-corrected chi connectivity index (χ3v) is 7.18. The molecule has 1 heterocycles. The molecule has 1 aliphatic rings. The molecule has 6 nitrogen and oxygen atoms in total. The number of nitrogens with zero attached hydrogens (tertiary/aromatic N) is 1. The fraction of sp³-hybridized carbons (Fsp3) is 0.484. The average Bonchev–Trinajstić information content (AvgIpc) is 3.27. The van der Waals surface area contributed by atoms with Crippen molar-refractivity contribution in [2.45, 2.75) is 90.1 Å². The zero-order chi connectivity index (χ0) is 26.3. The molecule has 37 heavy (non-hydrogen) atoms. The first-order valence-corrected chi connectivity index (χ1v) is 13.6. The topological polar surface area (TPSA) is 81.8 Å². The zero-order valence-electron chi connectivity index (χ0n) is 22.3. The number of hydrogen-bond acceptors (Lipinski definition) is 5. The quantitative estimate of drug-likeness (QED) is 0.283. The van der Waals surface area contributed by atoms with E-state index in [1.54, 1.807) is 19.1 Å². The van der Waals surface area contributed by atoms with Gasteiger partial charge < -0.3 is 19.0 Å². The van der Waals surface area contributed by atoms with Crippen LogP contribution in [0, 0.1) is 6.92 Å². The lowest BCUT2D eigenvalue weighted by Crippen LogP contribution is -2.43. The maximum Gasteiger partial charge on any atom is 0.348 e. The van der Waals surface area contributed by atoms with Gasteiger partial charge in [-0.15, -0.1) is 0 Å². The molecule has 198 valence electrons.